The molecule has 116 valence electrons. The van der Waals surface area contributed by atoms with Gasteiger partial charge in [-0.2, -0.15) is 15.0 Å². The van der Waals surface area contributed by atoms with Gasteiger partial charge in [-0.05, 0) is 18.8 Å². The second-order valence-electron chi connectivity index (χ2n) is 5.89. The molecule has 3 rings (SSSR count). The molecule has 1 saturated heterocycles. The zero-order valence-electron chi connectivity index (χ0n) is 12.5. The number of morpholine rings is 1. The Bertz CT molecular complexity index is 480. The van der Waals surface area contributed by atoms with Crippen molar-refractivity contribution in [1.29, 1.82) is 0 Å². The molecule has 1 aliphatic heterocycles. The number of rotatable bonds is 3. The van der Waals surface area contributed by atoms with E-state index in [1.807, 2.05) is 0 Å². The summed E-state index contributed by atoms with van der Waals surface area (Å²) < 4.78 is 5.37. The van der Waals surface area contributed by atoms with Crippen molar-refractivity contribution in [2.75, 3.05) is 36.9 Å². The van der Waals surface area contributed by atoms with Crippen LogP contribution in [0.5, 0.6) is 0 Å². The first-order valence-corrected chi connectivity index (χ1v) is 8.59. The summed E-state index contributed by atoms with van der Waals surface area (Å²) in [6.45, 7) is 5.39. The molecular weight excluding hydrogens is 286 g/mol. The largest absolute Gasteiger partial charge is 0.378 e. The fraction of sp³-hybridized carbons (Fsp3) is 0.786. The Morgan fingerprint density at radius 1 is 1.19 bits per heavy atom. The third-order valence-corrected chi connectivity index (χ3v) is 5.23. The van der Waals surface area contributed by atoms with Crippen LogP contribution in [-0.4, -0.2) is 46.5 Å². The van der Waals surface area contributed by atoms with E-state index in [9.17, 15) is 0 Å². The van der Waals surface area contributed by atoms with Crippen LogP contribution in [0.4, 0.5) is 11.9 Å². The van der Waals surface area contributed by atoms with Crippen molar-refractivity contribution in [2.24, 2.45) is 5.92 Å². The molecule has 2 heterocycles. The van der Waals surface area contributed by atoms with Crippen LogP contribution in [0.2, 0.25) is 0 Å². The van der Waals surface area contributed by atoms with Gasteiger partial charge in [0.25, 0.3) is 0 Å². The molecule has 6 nitrogen and oxygen atoms in total. The minimum absolute atomic E-state index is 0.317. The monoisotopic (exact) mass is 309 g/mol. The number of nitrogens with two attached hydrogens (primary N) is 1. The maximum Gasteiger partial charge on any atom is 0.231 e. The molecule has 0 aromatic carbocycles. The van der Waals surface area contributed by atoms with Crippen molar-refractivity contribution in [2.45, 2.75) is 43.0 Å². The second-order valence-corrected chi connectivity index (χ2v) is 7.15. The summed E-state index contributed by atoms with van der Waals surface area (Å²) in [4.78, 5) is 15.3. The van der Waals surface area contributed by atoms with Gasteiger partial charge in [-0.1, -0.05) is 31.5 Å². The summed E-state index contributed by atoms with van der Waals surface area (Å²) in [5, 5.41) is 1.37. The van der Waals surface area contributed by atoms with E-state index in [2.05, 4.69) is 26.8 Å². The van der Waals surface area contributed by atoms with E-state index in [0.29, 0.717) is 30.4 Å². The Labute approximate surface area is 129 Å². The third kappa shape index (κ3) is 3.97. The van der Waals surface area contributed by atoms with Gasteiger partial charge in [0.05, 0.1) is 13.2 Å². The van der Waals surface area contributed by atoms with Gasteiger partial charge in [-0.15, -0.1) is 0 Å². The minimum atomic E-state index is 0.317. The smallest absolute Gasteiger partial charge is 0.231 e. The number of nitrogen functional groups attached to an aromatic ring is 1. The molecule has 2 N–H and O–H groups in total. The number of hydrogen-bond donors (Lipinski definition) is 1. The number of aromatic nitrogens is 3. The van der Waals surface area contributed by atoms with Gasteiger partial charge >= 0.3 is 0 Å². The number of hydrogen-bond acceptors (Lipinski definition) is 7. The van der Waals surface area contributed by atoms with E-state index in [0.717, 1.165) is 24.2 Å². The average Bonchev–Trinajstić information content (AvgIpc) is 2.47. The summed E-state index contributed by atoms with van der Waals surface area (Å²) in [5.74, 6) is 1.81. The molecule has 7 heteroatoms. The molecular formula is C14H23N5OS. The molecule has 0 spiro atoms. The topological polar surface area (TPSA) is 77.2 Å². The van der Waals surface area contributed by atoms with Crippen LogP contribution in [0.3, 0.4) is 0 Å². The van der Waals surface area contributed by atoms with Gasteiger partial charge in [0, 0.05) is 18.3 Å². The number of nitrogens with zero attached hydrogens (tertiary/aromatic N) is 4. The van der Waals surface area contributed by atoms with Crippen LogP contribution in [0.15, 0.2) is 5.16 Å². The van der Waals surface area contributed by atoms with Gasteiger partial charge in [-0.25, -0.2) is 0 Å². The predicted octanol–water partition coefficient (Wildman–Crippen LogP) is 1.96. The van der Waals surface area contributed by atoms with Crippen LogP contribution in [-0.2, 0) is 4.74 Å². The zero-order valence-corrected chi connectivity index (χ0v) is 13.3. The highest BCUT2D eigenvalue weighted by Crippen LogP contribution is 2.35. The van der Waals surface area contributed by atoms with Crippen LogP contribution >= 0.6 is 11.8 Å². The van der Waals surface area contributed by atoms with Gasteiger partial charge in [0.1, 0.15) is 0 Å². The number of anilines is 2. The maximum atomic E-state index is 5.87. The quantitative estimate of drug-likeness (QED) is 0.914. The van der Waals surface area contributed by atoms with Crippen molar-refractivity contribution in [3.05, 3.63) is 0 Å². The van der Waals surface area contributed by atoms with Crippen molar-refractivity contribution in [1.82, 2.24) is 15.0 Å². The van der Waals surface area contributed by atoms with Crippen LogP contribution < -0.4 is 10.6 Å². The van der Waals surface area contributed by atoms with Crippen molar-refractivity contribution in [3.8, 4) is 0 Å². The maximum absolute atomic E-state index is 5.87. The number of ether oxygens (including phenoxy) is 1. The van der Waals surface area contributed by atoms with E-state index in [-0.39, 0.29) is 0 Å². The Kier molecular flexibility index (Phi) is 4.80. The lowest BCUT2D eigenvalue weighted by Gasteiger charge is -2.28. The molecule has 0 amide bonds. The van der Waals surface area contributed by atoms with E-state index in [1.54, 1.807) is 11.8 Å². The van der Waals surface area contributed by atoms with Crippen molar-refractivity contribution >= 4 is 23.7 Å². The molecule has 21 heavy (non-hydrogen) atoms. The van der Waals surface area contributed by atoms with Crippen LogP contribution in [0, 0.1) is 5.92 Å². The highest BCUT2D eigenvalue weighted by Gasteiger charge is 2.22. The molecule has 2 aliphatic rings. The zero-order chi connectivity index (χ0) is 14.7. The molecule has 1 aromatic rings. The van der Waals surface area contributed by atoms with E-state index in [1.165, 1.54) is 25.7 Å². The SMILES string of the molecule is CC1CCCC(Sc2nc(N)nc(N3CCOCC3)n2)C1. The summed E-state index contributed by atoms with van der Waals surface area (Å²) in [6, 6.07) is 0. The fourth-order valence-electron chi connectivity index (χ4n) is 2.95. The normalized spacial score (nSPS) is 26.8. The standard InChI is InChI=1S/C14H23N5OS/c1-10-3-2-4-11(9-10)21-14-17-12(15)16-13(18-14)19-5-7-20-8-6-19/h10-11H,2-9H2,1H3,(H2,15,16,17,18). The van der Waals surface area contributed by atoms with Gasteiger partial charge in [0.2, 0.25) is 11.9 Å². The molecule has 1 aliphatic carbocycles. The Balaban J connectivity index is 1.71. The molecule has 0 radical (unpaired) electrons. The third-order valence-electron chi connectivity index (χ3n) is 4.07. The molecule has 2 fully saturated rings. The molecule has 2 atom stereocenters. The van der Waals surface area contributed by atoms with Crippen molar-refractivity contribution < 1.29 is 4.74 Å². The summed E-state index contributed by atoms with van der Waals surface area (Å²) in [6.07, 6.45) is 5.13. The second kappa shape index (κ2) is 6.79. The molecule has 1 aromatic heterocycles. The lowest BCUT2D eigenvalue weighted by Crippen LogP contribution is -2.37. The first-order valence-electron chi connectivity index (χ1n) is 7.71. The van der Waals surface area contributed by atoms with Crippen LogP contribution in [0.25, 0.3) is 0 Å². The molecule has 2 unspecified atom stereocenters. The lowest BCUT2D eigenvalue weighted by molar-refractivity contribution is 0.122. The van der Waals surface area contributed by atoms with Gasteiger partial charge < -0.3 is 15.4 Å². The Morgan fingerprint density at radius 3 is 2.76 bits per heavy atom. The molecule has 0 bridgehead atoms. The van der Waals surface area contributed by atoms with Gasteiger partial charge in [-0.3, -0.25) is 0 Å². The lowest BCUT2D eigenvalue weighted by atomic mass is 9.91. The predicted molar refractivity (Wildman–Crippen MR) is 84.5 cm³/mol. The van der Waals surface area contributed by atoms with Crippen LogP contribution in [0.1, 0.15) is 32.6 Å². The van der Waals surface area contributed by atoms with E-state index in [4.69, 9.17) is 10.5 Å². The van der Waals surface area contributed by atoms with Gasteiger partial charge in [0.15, 0.2) is 5.16 Å². The Morgan fingerprint density at radius 2 is 2.00 bits per heavy atom. The highest BCUT2D eigenvalue weighted by molar-refractivity contribution is 7.99. The summed E-state index contributed by atoms with van der Waals surface area (Å²) >= 11 is 1.76. The average molecular weight is 309 g/mol. The minimum Gasteiger partial charge on any atom is -0.378 e. The highest BCUT2D eigenvalue weighted by atomic mass is 32.2. The molecule has 1 saturated carbocycles. The summed E-state index contributed by atoms with van der Waals surface area (Å²) in [7, 11) is 0. The van der Waals surface area contributed by atoms with E-state index < -0.39 is 0 Å². The van der Waals surface area contributed by atoms with E-state index >= 15 is 0 Å². The summed E-state index contributed by atoms with van der Waals surface area (Å²) in [5.41, 5.74) is 5.87. The Hall–Kier alpha value is -1.08. The first kappa shape index (κ1) is 14.8. The van der Waals surface area contributed by atoms with Crippen molar-refractivity contribution in [3.63, 3.8) is 0 Å². The number of thioether (sulfide) groups is 1. The fourth-order valence-corrected chi connectivity index (χ4v) is 4.24. The first-order chi connectivity index (χ1) is 10.2.